The number of nitrogens with zero attached hydrogens (tertiary/aromatic N) is 3. The molecule has 6 nitrogen and oxygen atoms in total. The maximum absolute atomic E-state index is 12.4. The standard InChI is InChI=1S/C15H23N3O3/c1-11-9-12(2)18(3,16-11)13(15(20)21)10-14(19)17-7-5-4-6-8-17/h9,13H,4-8,10H2,1-3H3/p+1. The first kappa shape index (κ1) is 15.7. The van der Waals surface area contributed by atoms with Crippen LogP contribution in [-0.2, 0) is 9.59 Å². The van der Waals surface area contributed by atoms with Gasteiger partial charge in [-0.3, -0.25) is 4.79 Å². The number of amides is 1. The Balaban J connectivity index is 2.15. The van der Waals surface area contributed by atoms with Crippen molar-refractivity contribution >= 4 is 17.6 Å². The van der Waals surface area contributed by atoms with Gasteiger partial charge < -0.3 is 10.0 Å². The highest BCUT2D eigenvalue weighted by Crippen LogP contribution is 2.28. The molecule has 2 aliphatic heterocycles. The Hall–Kier alpha value is -1.69. The van der Waals surface area contributed by atoms with Gasteiger partial charge in [0.05, 0.1) is 19.2 Å². The van der Waals surface area contributed by atoms with Crippen LogP contribution < -0.4 is 0 Å². The van der Waals surface area contributed by atoms with Crippen LogP contribution in [0.4, 0.5) is 0 Å². The first-order chi connectivity index (χ1) is 9.84. The Morgan fingerprint density at radius 2 is 1.95 bits per heavy atom. The smallest absolute Gasteiger partial charge is 0.366 e. The zero-order valence-corrected chi connectivity index (χ0v) is 13.0. The number of piperidine rings is 1. The van der Waals surface area contributed by atoms with E-state index in [9.17, 15) is 14.7 Å². The molecule has 6 heteroatoms. The van der Waals surface area contributed by atoms with Gasteiger partial charge in [-0.15, -0.1) is 0 Å². The van der Waals surface area contributed by atoms with Gasteiger partial charge in [-0.1, -0.05) is 5.10 Å². The average molecular weight is 294 g/mol. The maximum Gasteiger partial charge on any atom is 0.366 e. The molecule has 1 amide bonds. The highest BCUT2D eigenvalue weighted by atomic mass is 16.4. The van der Waals surface area contributed by atoms with Crippen molar-refractivity contribution in [2.45, 2.75) is 45.6 Å². The van der Waals surface area contributed by atoms with Gasteiger partial charge in [0.2, 0.25) is 11.9 Å². The van der Waals surface area contributed by atoms with Crippen molar-refractivity contribution in [3.8, 4) is 0 Å². The number of carbonyl (C=O) groups excluding carboxylic acids is 1. The largest absolute Gasteiger partial charge is 0.477 e. The Morgan fingerprint density at radius 1 is 1.33 bits per heavy atom. The molecule has 21 heavy (non-hydrogen) atoms. The summed E-state index contributed by atoms with van der Waals surface area (Å²) in [6.45, 7) is 5.19. The van der Waals surface area contributed by atoms with Gasteiger partial charge in [-0.2, -0.15) is 4.59 Å². The molecule has 0 aromatic carbocycles. The summed E-state index contributed by atoms with van der Waals surface area (Å²) in [6.07, 6.45) is 5.03. The minimum Gasteiger partial charge on any atom is -0.477 e. The zero-order chi connectivity index (χ0) is 15.6. The van der Waals surface area contributed by atoms with E-state index in [-0.39, 0.29) is 16.9 Å². The molecule has 116 valence electrons. The lowest BCUT2D eigenvalue weighted by molar-refractivity contribution is -0.892. The summed E-state index contributed by atoms with van der Waals surface area (Å²) in [4.78, 5) is 25.9. The molecule has 2 rings (SSSR count). The lowest BCUT2D eigenvalue weighted by Gasteiger charge is -2.33. The molecule has 2 aliphatic rings. The summed E-state index contributed by atoms with van der Waals surface area (Å²) in [7, 11) is 1.75. The first-order valence-corrected chi connectivity index (χ1v) is 7.47. The van der Waals surface area contributed by atoms with E-state index < -0.39 is 12.0 Å². The summed E-state index contributed by atoms with van der Waals surface area (Å²) in [5.74, 6) is -1.05. The van der Waals surface area contributed by atoms with E-state index in [0.29, 0.717) is 0 Å². The van der Waals surface area contributed by atoms with Crippen molar-refractivity contribution < 1.29 is 19.3 Å². The van der Waals surface area contributed by atoms with E-state index >= 15 is 0 Å². The number of quaternary nitrogens is 1. The van der Waals surface area contributed by atoms with Crippen molar-refractivity contribution in [3.63, 3.8) is 0 Å². The minimum atomic E-state index is -0.978. The van der Waals surface area contributed by atoms with Crippen LogP contribution >= 0.6 is 0 Å². The predicted molar refractivity (Wildman–Crippen MR) is 79.5 cm³/mol. The average Bonchev–Trinajstić information content (AvgIpc) is 2.70. The third kappa shape index (κ3) is 3.15. The second kappa shape index (κ2) is 5.97. The zero-order valence-electron chi connectivity index (χ0n) is 13.0. The Kier molecular flexibility index (Phi) is 4.46. The first-order valence-electron chi connectivity index (χ1n) is 7.47. The predicted octanol–water partition coefficient (Wildman–Crippen LogP) is 1.58. The van der Waals surface area contributed by atoms with E-state index in [4.69, 9.17) is 0 Å². The number of allylic oxidation sites excluding steroid dienone is 2. The van der Waals surface area contributed by atoms with Crippen LogP contribution in [0.2, 0.25) is 0 Å². The lowest BCUT2D eigenvalue weighted by Crippen LogP contribution is -2.52. The normalized spacial score (nSPS) is 27.1. The second-order valence-electron chi connectivity index (χ2n) is 6.05. The van der Waals surface area contributed by atoms with Gasteiger partial charge in [0, 0.05) is 26.1 Å². The third-order valence-corrected chi connectivity index (χ3v) is 4.47. The molecule has 2 atom stereocenters. The van der Waals surface area contributed by atoms with Crippen LogP contribution in [0.1, 0.15) is 39.5 Å². The van der Waals surface area contributed by atoms with Crippen molar-refractivity contribution in [1.82, 2.24) is 4.90 Å². The summed E-state index contributed by atoms with van der Waals surface area (Å²) in [5, 5.41) is 14.0. The van der Waals surface area contributed by atoms with Crippen LogP contribution in [0.25, 0.3) is 0 Å². The van der Waals surface area contributed by atoms with Crippen molar-refractivity contribution in [1.29, 1.82) is 0 Å². The van der Waals surface area contributed by atoms with Crippen LogP contribution in [0.3, 0.4) is 0 Å². The van der Waals surface area contributed by atoms with E-state index in [0.717, 1.165) is 43.8 Å². The molecule has 2 unspecified atom stereocenters. The molecular weight excluding hydrogens is 270 g/mol. The summed E-state index contributed by atoms with van der Waals surface area (Å²) in [5.41, 5.74) is 1.65. The highest BCUT2D eigenvalue weighted by Gasteiger charge is 2.45. The molecule has 1 saturated heterocycles. The number of hydrogen-bond acceptors (Lipinski definition) is 3. The molecule has 0 bridgehead atoms. The van der Waals surface area contributed by atoms with Gasteiger partial charge >= 0.3 is 5.97 Å². The Bertz CT molecular complexity index is 506. The van der Waals surface area contributed by atoms with Crippen LogP contribution in [0, 0.1) is 0 Å². The van der Waals surface area contributed by atoms with Crippen molar-refractivity contribution in [2.75, 3.05) is 20.1 Å². The van der Waals surface area contributed by atoms with Gasteiger partial charge in [0.15, 0.2) is 0 Å². The number of carbonyl (C=O) groups is 2. The maximum atomic E-state index is 12.4. The SMILES string of the molecule is CC1=CC(C)=N[N+]1(C)C(CC(=O)N1CCCCC1)C(=O)O. The monoisotopic (exact) mass is 294 g/mol. The van der Waals surface area contributed by atoms with Gasteiger partial charge in [-0.25, -0.2) is 4.79 Å². The molecule has 0 spiro atoms. The quantitative estimate of drug-likeness (QED) is 0.800. The molecule has 0 aromatic heterocycles. The summed E-state index contributed by atoms with van der Waals surface area (Å²) in [6, 6.07) is -0.867. The van der Waals surface area contributed by atoms with Gasteiger partial charge in [-0.05, 0) is 26.2 Å². The fraction of sp³-hybridized carbons (Fsp3) is 0.667. The number of hydrogen-bond donors (Lipinski definition) is 1. The van der Waals surface area contributed by atoms with Gasteiger partial charge in [0.25, 0.3) is 0 Å². The fourth-order valence-corrected chi connectivity index (χ4v) is 3.10. The number of likely N-dealkylation sites (tertiary alicyclic amines) is 1. The van der Waals surface area contributed by atoms with Crippen LogP contribution in [0.15, 0.2) is 16.9 Å². The number of carboxylic acids is 1. The Morgan fingerprint density at radius 3 is 2.43 bits per heavy atom. The van der Waals surface area contributed by atoms with Crippen LogP contribution in [-0.4, -0.2) is 58.4 Å². The van der Waals surface area contributed by atoms with Gasteiger partial charge in [0.1, 0.15) is 5.70 Å². The van der Waals surface area contributed by atoms with E-state index in [1.54, 1.807) is 11.9 Å². The molecule has 0 aliphatic carbocycles. The summed E-state index contributed by atoms with van der Waals surface area (Å²) < 4.78 is -0.0548. The number of aliphatic carboxylic acids is 1. The molecule has 0 saturated carbocycles. The lowest BCUT2D eigenvalue weighted by atomic mass is 10.1. The highest BCUT2D eigenvalue weighted by molar-refractivity contribution is 5.94. The molecule has 1 fully saturated rings. The topological polar surface area (TPSA) is 70.0 Å². The molecule has 0 radical (unpaired) electrons. The van der Waals surface area contributed by atoms with Crippen molar-refractivity contribution in [3.05, 3.63) is 11.8 Å². The molecule has 0 aromatic rings. The number of rotatable bonds is 4. The fourth-order valence-electron chi connectivity index (χ4n) is 3.10. The van der Waals surface area contributed by atoms with E-state index in [1.807, 2.05) is 19.9 Å². The Labute approximate surface area is 125 Å². The summed E-state index contributed by atoms with van der Waals surface area (Å²) >= 11 is 0. The third-order valence-electron chi connectivity index (χ3n) is 4.47. The second-order valence-corrected chi connectivity index (χ2v) is 6.05. The molecule has 2 heterocycles. The van der Waals surface area contributed by atoms with E-state index in [1.165, 1.54) is 0 Å². The van der Waals surface area contributed by atoms with Crippen LogP contribution in [0.5, 0.6) is 0 Å². The molecule has 1 N–H and O–H groups in total. The number of carboxylic acid groups (broad SMARTS) is 1. The number of likely N-dealkylation sites (N-methyl/N-ethyl adjacent to an activating group) is 1. The van der Waals surface area contributed by atoms with E-state index in [2.05, 4.69) is 5.10 Å². The molecular formula is C15H24N3O3+. The van der Waals surface area contributed by atoms with Crippen molar-refractivity contribution in [2.24, 2.45) is 5.10 Å². The minimum absolute atomic E-state index is 0.00616.